The summed E-state index contributed by atoms with van der Waals surface area (Å²) >= 11 is 0. The molecule has 22 heavy (non-hydrogen) atoms. The highest BCUT2D eigenvalue weighted by molar-refractivity contribution is 5.99. The lowest BCUT2D eigenvalue weighted by Crippen LogP contribution is -2.53. The number of aryl methyl sites for hydroxylation is 2. The van der Waals surface area contributed by atoms with E-state index in [1.165, 1.54) is 25.3 Å². The number of pyridine rings is 1. The van der Waals surface area contributed by atoms with Gasteiger partial charge in [0.15, 0.2) is 0 Å². The molecule has 1 aliphatic heterocycles. The van der Waals surface area contributed by atoms with Gasteiger partial charge in [-0.25, -0.2) is 0 Å². The molecule has 0 aromatic carbocycles. The molecule has 1 aliphatic carbocycles. The highest BCUT2D eigenvalue weighted by atomic mass is 16.2. The van der Waals surface area contributed by atoms with Crippen molar-refractivity contribution in [3.8, 4) is 0 Å². The van der Waals surface area contributed by atoms with Gasteiger partial charge in [-0.1, -0.05) is 0 Å². The van der Waals surface area contributed by atoms with Crippen molar-refractivity contribution in [3.05, 3.63) is 23.5 Å². The largest absolute Gasteiger partial charge is 0.340 e. The Bertz CT molecular complexity index is 616. The Kier molecular flexibility index (Phi) is 3.87. The standard InChI is InChI=1S/C16H22N4O2/c1-11(21)20-7-6-16(17,10-20)15(22)19-13-8-12-4-2-3-5-14(12)18-9-13/h8-9H,2-7,10,17H2,1H3,(H,19,22)/t16-/m0/s1. The lowest BCUT2D eigenvalue weighted by molar-refractivity contribution is -0.128. The number of hydrogen-bond donors (Lipinski definition) is 2. The van der Waals surface area contributed by atoms with E-state index in [0.29, 0.717) is 18.7 Å². The second-order valence-electron chi connectivity index (χ2n) is 6.34. The van der Waals surface area contributed by atoms with Crippen LogP contribution in [-0.4, -0.2) is 40.3 Å². The SMILES string of the molecule is CC(=O)N1CC[C@@](N)(C(=O)Nc2cnc3c(c2)CCCC3)C1. The molecule has 1 saturated heterocycles. The van der Waals surface area contributed by atoms with Crippen molar-refractivity contribution in [2.45, 2.75) is 44.6 Å². The zero-order valence-corrected chi connectivity index (χ0v) is 12.9. The molecule has 1 fully saturated rings. The van der Waals surface area contributed by atoms with E-state index >= 15 is 0 Å². The topological polar surface area (TPSA) is 88.3 Å². The summed E-state index contributed by atoms with van der Waals surface area (Å²) in [6.45, 7) is 2.30. The van der Waals surface area contributed by atoms with Crippen molar-refractivity contribution in [1.82, 2.24) is 9.88 Å². The molecule has 0 radical (unpaired) electrons. The molecular weight excluding hydrogens is 280 g/mol. The number of carbonyl (C=O) groups is 2. The lowest BCUT2D eigenvalue weighted by Gasteiger charge is -2.23. The predicted molar refractivity (Wildman–Crippen MR) is 83.3 cm³/mol. The third-order valence-corrected chi connectivity index (χ3v) is 4.63. The van der Waals surface area contributed by atoms with Crippen molar-refractivity contribution in [2.75, 3.05) is 18.4 Å². The van der Waals surface area contributed by atoms with Gasteiger partial charge in [0, 0.05) is 25.7 Å². The average molecular weight is 302 g/mol. The number of nitrogens with one attached hydrogen (secondary N) is 1. The number of rotatable bonds is 2. The zero-order valence-electron chi connectivity index (χ0n) is 12.9. The maximum absolute atomic E-state index is 12.5. The Labute approximate surface area is 130 Å². The third kappa shape index (κ3) is 2.83. The van der Waals surface area contributed by atoms with Crippen molar-refractivity contribution < 1.29 is 9.59 Å². The summed E-state index contributed by atoms with van der Waals surface area (Å²) in [5.41, 5.74) is 8.22. The van der Waals surface area contributed by atoms with Crippen LogP contribution >= 0.6 is 0 Å². The number of anilines is 1. The van der Waals surface area contributed by atoms with Crippen LogP contribution in [0.2, 0.25) is 0 Å². The summed E-state index contributed by atoms with van der Waals surface area (Å²) in [4.78, 5) is 29.9. The van der Waals surface area contributed by atoms with Gasteiger partial charge in [-0.15, -0.1) is 0 Å². The number of aromatic nitrogens is 1. The number of likely N-dealkylation sites (tertiary alicyclic amines) is 1. The molecule has 6 heteroatoms. The van der Waals surface area contributed by atoms with Gasteiger partial charge >= 0.3 is 0 Å². The molecule has 2 heterocycles. The monoisotopic (exact) mass is 302 g/mol. The number of fused-ring (bicyclic) bond motifs is 1. The van der Waals surface area contributed by atoms with E-state index in [-0.39, 0.29) is 18.4 Å². The number of carbonyl (C=O) groups excluding carboxylic acids is 2. The fourth-order valence-electron chi connectivity index (χ4n) is 3.20. The van der Waals surface area contributed by atoms with E-state index in [4.69, 9.17) is 5.73 Å². The van der Waals surface area contributed by atoms with Crippen LogP contribution in [0.5, 0.6) is 0 Å². The van der Waals surface area contributed by atoms with Gasteiger partial charge in [-0.3, -0.25) is 14.6 Å². The van der Waals surface area contributed by atoms with Gasteiger partial charge in [-0.05, 0) is 43.7 Å². The minimum absolute atomic E-state index is 0.0458. The molecule has 0 bridgehead atoms. The molecule has 0 saturated carbocycles. The van der Waals surface area contributed by atoms with Crippen LogP contribution in [0.4, 0.5) is 5.69 Å². The Morgan fingerprint density at radius 3 is 2.86 bits per heavy atom. The molecule has 1 aromatic rings. The maximum Gasteiger partial charge on any atom is 0.246 e. The summed E-state index contributed by atoms with van der Waals surface area (Å²) in [6.07, 6.45) is 6.55. The summed E-state index contributed by atoms with van der Waals surface area (Å²) in [6, 6.07) is 2.00. The predicted octanol–water partition coefficient (Wildman–Crippen LogP) is 0.849. The Hall–Kier alpha value is -1.95. The highest BCUT2D eigenvalue weighted by Gasteiger charge is 2.42. The minimum Gasteiger partial charge on any atom is -0.340 e. The van der Waals surface area contributed by atoms with Crippen LogP contribution in [0.15, 0.2) is 12.3 Å². The summed E-state index contributed by atoms with van der Waals surface area (Å²) in [5, 5.41) is 2.87. The molecule has 3 rings (SSSR count). The molecule has 0 unspecified atom stereocenters. The molecule has 0 spiro atoms. The molecule has 2 amide bonds. The number of amides is 2. The first-order valence-electron chi connectivity index (χ1n) is 7.82. The zero-order chi connectivity index (χ0) is 15.7. The summed E-state index contributed by atoms with van der Waals surface area (Å²) < 4.78 is 0. The van der Waals surface area contributed by atoms with Crippen LogP contribution in [0.3, 0.4) is 0 Å². The Balaban J connectivity index is 1.70. The summed E-state index contributed by atoms with van der Waals surface area (Å²) in [5.74, 6) is -0.288. The van der Waals surface area contributed by atoms with Crippen LogP contribution in [0, 0.1) is 0 Å². The van der Waals surface area contributed by atoms with Crippen LogP contribution < -0.4 is 11.1 Å². The smallest absolute Gasteiger partial charge is 0.246 e. The summed E-state index contributed by atoms with van der Waals surface area (Å²) in [7, 11) is 0. The van der Waals surface area contributed by atoms with E-state index in [2.05, 4.69) is 10.3 Å². The second kappa shape index (κ2) is 5.68. The van der Waals surface area contributed by atoms with Gasteiger partial charge in [0.05, 0.1) is 11.9 Å². The Morgan fingerprint density at radius 2 is 2.14 bits per heavy atom. The third-order valence-electron chi connectivity index (χ3n) is 4.63. The van der Waals surface area contributed by atoms with Gasteiger partial charge in [0.1, 0.15) is 5.54 Å². The molecule has 1 aromatic heterocycles. The van der Waals surface area contributed by atoms with E-state index in [9.17, 15) is 9.59 Å². The molecule has 3 N–H and O–H groups in total. The van der Waals surface area contributed by atoms with Crippen LogP contribution in [0.25, 0.3) is 0 Å². The van der Waals surface area contributed by atoms with Gasteiger partial charge < -0.3 is 16.0 Å². The van der Waals surface area contributed by atoms with Crippen LogP contribution in [0.1, 0.15) is 37.4 Å². The quantitative estimate of drug-likeness (QED) is 0.847. The number of nitrogens with two attached hydrogens (primary N) is 1. The Morgan fingerprint density at radius 1 is 1.36 bits per heavy atom. The second-order valence-corrected chi connectivity index (χ2v) is 6.34. The van der Waals surface area contributed by atoms with Gasteiger partial charge in [-0.2, -0.15) is 0 Å². The van der Waals surface area contributed by atoms with Crippen LogP contribution in [-0.2, 0) is 22.4 Å². The van der Waals surface area contributed by atoms with Crippen molar-refractivity contribution in [3.63, 3.8) is 0 Å². The maximum atomic E-state index is 12.5. The number of hydrogen-bond acceptors (Lipinski definition) is 4. The molecule has 1 atom stereocenters. The van der Waals surface area contributed by atoms with Gasteiger partial charge in [0.25, 0.3) is 0 Å². The minimum atomic E-state index is -1.01. The highest BCUT2D eigenvalue weighted by Crippen LogP contribution is 2.24. The molecular formula is C16H22N4O2. The fourth-order valence-corrected chi connectivity index (χ4v) is 3.20. The van der Waals surface area contributed by atoms with Gasteiger partial charge in [0.2, 0.25) is 11.8 Å². The normalized spacial score (nSPS) is 24.0. The van der Waals surface area contributed by atoms with Crippen molar-refractivity contribution >= 4 is 17.5 Å². The molecule has 2 aliphatic rings. The van der Waals surface area contributed by atoms with E-state index in [1.54, 1.807) is 11.1 Å². The first-order chi connectivity index (χ1) is 10.5. The first kappa shape index (κ1) is 15.0. The first-order valence-corrected chi connectivity index (χ1v) is 7.82. The average Bonchev–Trinajstić information content (AvgIpc) is 2.91. The van der Waals surface area contributed by atoms with E-state index in [0.717, 1.165) is 18.5 Å². The van der Waals surface area contributed by atoms with Crippen molar-refractivity contribution in [2.24, 2.45) is 5.73 Å². The van der Waals surface area contributed by atoms with E-state index in [1.807, 2.05) is 6.07 Å². The molecule has 6 nitrogen and oxygen atoms in total. The molecule has 118 valence electrons. The fraction of sp³-hybridized carbons (Fsp3) is 0.562. The number of nitrogens with zero attached hydrogens (tertiary/aromatic N) is 2. The van der Waals surface area contributed by atoms with E-state index < -0.39 is 5.54 Å². The van der Waals surface area contributed by atoms with Crippen molar-refractivity contribution in [1.29, 1.82) is 0 Å². The lowest BCUT2D eigenvalue weighted by atomic mass is 9.95.